The molecular weight excluding hydrogens is 360 g/mol. The molecule has 27 heavy (non-hydrogen) atoms. The van der Waals surface area contributed by atoms with Crippen LogP contribution in [0.1, 0.15) is 40.5 Å². The fourth-order valence-electron chi connectivity index (χ4n) is 5.90. The zero-order chi connectivity index (χ0) is 19.8. The Bertz CT molecular complexity index is 682. The molecule has 1 spiro atoms. The Morgan fingerprint density at radius 2 is 1.70 bits per heavy atom. The van der Waals surface area contributed by atoms with Gasteiger partial charge in [-0.05, 0) is 13.8 Å². The average Bonchev–Trinajstić information content (AvgIpc) is 2.82. The molecule has 5 fully saturated rings. The molecule has 0 aromatic rings. The number of rotatable bonds is 4. The minimum atomic E-state index is -1.16. The van der Waals surface area contributed by atoms with Gasteiger partial charge >= 0.3 is 11.9 Å². The van der Waals surface area contributed by atoms with Crippen LogP contribution in [0.25, 0.3) is 0 Å². The molecule has 5 aliphatic heterocycles. The second-order valence-electron chi connectivity index (χ2n) is 7.88. The second-order valence-corrected chi connectivity index (χ2v) is 7.88. The van der Waals surface area contributed by atoms with Gasteiger partial charge in [-0.3, -0.25) is 9.59 Å². The van der Waals surface area contributed by atoms with E-state index < -0.39 is 59.1 Å². The maximum atomic E-state index is 11.8. The lowest BCUT2D eigenvalue weighted by Gasteiger charge is -2.56. The Labute approximate surface area is 157 Å². The molecule has 5 heterocycles. The first-order valence-corrected chi connectivity index (χ1v) is 9.09. The molecule has 0 aromatic heterocycles. The first-order chi connectivity index (χ1) is 12.6. The maximum Gasteiger partial charge on any atom is 0.304 e. The van der Waals surface area contributed by atoms with E-state index >= 15 is 0 Å². The van der Waals surface area contributed by atoms with Gasteiger partial charge in [0, 0.05) is 40.9 Å². The normalized spacial score (nSPS) is 52.5. The van der Waals surface area contributed by atoms with Crippen LogP contribution in [0.4, 0.5) is 0 Å². The number of hydrogen-bond donors (Lipinski definition) is 0. The largest absolute Gasteiger partial charge is 0.454 e. The standard InChI is InChI=1S/C18H26O9/c1-9-18-15(4)14(25-11(3)20)17(22-6,27-18)7-12(26-15)16(18,21-5)8-13(23-9)24-10(2)19/h9,12-14H,7-8H2,1-6H3/t9-,12-,13-,14+,15+,16+,17-,18-/m0/s1. The van der Waals surface area contributed by atoms with Crippen molar-refractivity contribution in [2.24, 2.45) is 0 Å². The van der Waals surface area contributed by atoms with Crippen LogP contribution in [0.3, 0.4) is 0 Å². The molecule has 5 rings (SSSR count). The monoisotopic (exact) mass is 386 g/mol. The molecule has 152 valence electrons. The highest BCUT2D eigenvalue weighted by molar-refractivity contribution is 5.67. The molecule has 0 amide bonds. The third-order valence-electron chi connectivity index (χ3n) is 6.67. The molecule has 0 saturated carbocycles. The smallest absolute Gasteiger partial charge is 0.304 e. The summed E-state index contributed by atoms with van der Waals surface area (Å²) in [6.45, 7) is 6.31. The predicted molar refractivity (Wildman–Crippen MR) is 87.5 cm³/mol. The van der Waals surface area contributed by atoms with E-state index in [9.17, 15) is 9.59 Å². The Morgan fingerprint density at radius 1 is 1.04 bits per heavy atom. The molecule has 4 bridgehead atoms. The van der Waals surface area contributed by atoms with Crippen molar-refractivity contribution in [2.45, 2.75) is 87.7 Å². The average molecular weight is 386 g/mol. The second kappa shape index (κ2) is 5.64. The van der Waals surface area contributed by atoms with Gasteiger partial charge in [-0.15, -0.1) is 0 Å². The van der Waals surface area contributed by atoms with E-state index in [1.54, 1.807) is 7.11 Å². The Morgan fingerprint density at radius 3 is 2.26 bits per heavy atom. The van der Waals surface area contributed by atoms with Crippen LogP contribution in [0, 0.1) is 0 Å². The molecule has 0 radical (unpaired) electrons. The zero-order valence-electron chi connectivity index (χ0n) is 16.4. The van der Waals surface area contributed by atoms with Gasteiger partial charge in [0.25, 0.3) is 0 Å². The number of carbonyl (C=O) groups is 2. The van der Waals surface area contributed by atoms with Crippen LogP contribution >= 0.6 is 0 Å². The Hall–Kier alpha value is -1.26. The van der Waals surface area contributed by atoms with Crippen LogP contribution in [0.2, 0.25) is 0 Å². The summed E-state index contributed by atoms with van der Waals surface area (Å²) >= 11 is 0. The van der Waals surface area contributed by atoms with Gasteiger partial charge in [-0.25, -0.2) is 0 Å². The summed E-state index contributed by atoms with van der Waals surface area (Å²) < 4.78 is 41.7. The van der Waals surface area contributed by atoms with Gasteiger partial charge in [0.1, 0.15) is 11.2 Å². The third-order valence-corrected chi connectivity index (χ3v) is 6.67. The van der Waals surface area contributed by atoms with Gasteiger partial charge in [0.05, 0.1) is 12.2 Å². The zero-order valence-corrected chi connectivity index (χ0v) is 16.4. The molecule has 5 aliphatic rings. The van der Waals surface area contributed by atoms with Gasteiger partial charge in [-0.2, -0.15) is 0 Å². The minimum Gasteiger partial charge on any atom is -0.454 e. The summed E-state index contributed by atoms with van der Waals surface area (Å²) in [5.41, 5.74) is -3.12. The molecule has 9 heteroatoms. The number of hydrogen-bond acceptors (Lipinski definition) is 9. The molecule has 5 saturated heterocycles. The number of esters is 2. The van der Waals surface area contributed by atoms with E-state index in [1.807, 2.05) is 13.8 Å². The lowest BCUT2D eigenvalue weighted by Crippen LogP contribution is -2.74. The van der Waals surface area contributed by atoms with Crippen LogP contribution in [-0.2, 0) is 42.7 Å². The van der Waals surface area contributed by atoms with Crippen molar-refractivity contribution >= 4 is 11.9 Å². The van der Waals surface area contributed by atoms with E-state index in [0.717, 1.165) is 0 Å². The topological polar surface area (TPSA) is 98.8 Å². The van der Waals surface area contributed by atoms with Gasteiger partial charge in [0.2, 0.25) is 12.1 Å². The lowest BCUT2D eigenvalue weighted by molar-refractivity contribution is -0.388. The quantitative estimate of drug-likeness (QED) is 0.646. The first kappa shape index (κ1) is 19.1. The Balaban J connectivity index is 1.83. The van der Waals surface area contributed by atoms with Crippen LogP contribution in [0.15, 0.2) is 0 Å². The molecular formula is C18H26O9. The van der Waals surface area contributed by atoms with E-state index in [2.05, 4.69) is 0 Å². The summed E-state index contributed by atoms with van der Waals surface area (Å²) in [4.78, 5) is 23.3. The summed E-state index contributed by atoms with van der Waals surface area (Å²) in [7, 11) is 3.10. The highest BCUT2D eigenvalue weighted by Crippen LogP contribution is 2.71. The molecule has 0 aliphatic carbocycles. The minimum absolute atomic E-state index is 0.236. The van der Waals surface area contributed by atoms with Gasteiger partial charge < -0.3 is 33.2 Å². The van der Waals surface area contributed by atoms with Crippen molar-refractivity contribution in [1.82, 2.24) is 0 Å². The van der Waals surface area contributed by atoms with Crippen molar-refractivity contribution in [3.05, 3.63) is 0 Å². The lowest BCUT2D eigenvalue weighted by atomic mass is 9.66. The van der Waals surface area contributed by atoms with E-state index in [-0.39, 0.29) is 6.42 Å². The number of ether oxygens (including phenoxy) is 7. The van der Waals surface area contributed by atoms with Crippen LogP contribution < -0.4 is 0 Å². The van der Waals surface area contributed by atoms with Crippen molar-refractivity contribution in [3.8, 4) is 0 Å². The number of methoxy groups -OCH3 is 2. The van der Waals surface area contributed by atoms with E-state index in [1.165, 1.54) is 21.0 Å². The summed E-state index contributed by atoms with van der Waals surface area (Å²) in [5.74, 6) is -2.06. The fourth-order valence-corrected chi connectivity index (χ4v) is 5.90. The molecule has 0 unspecified atom stereocenters. The first-order valence-electron chi connectivity index (χ1n) is 9.09. The molecule has 9 nitrogen and oxygen atoms in total. The van der Waals surface area contributed by atoms with Crippen molar-refractivity contribution in [1.29, 1.82) is 0 Å². The van der Waals surface area contributed by atoms with E-state index in [0.29, 0.717) is 6.42 Å². The molecule has 0 N–H and O–H groups in total. The predicted octanol–water partition coefficient (Wildman–Crippen LogP) is 0.674. The fraction of sp³-hybridized carbons (Fsp3) is 0.889. The molecule has 0 aromatic carbocycles. The van der Waals surface area contributed by atoms with E-state index in [4.69, 9.17) is 33.2 Å². The maximum absolute atomic E-state index is 11.8. The van der Waals surface area contributed by atoms with Crippen LogP contribution in [-0.4, -0.2) is 73.4 Å². The van der Waals surface area contributed by atoms with Crippen molar-refractivity contribution < 1.29 is 42.7 Å². The highest BCUT2D eigenvalue weighted by Gasteiger charge is 2.91. The van der Waals surface area contributed by atoms with Crippen LogP contribution in [0.5, 0.6) is 0 Å². The summed E-state index contributed by atoms with van der Waals surface area (Å²) in [5, 5.41) is 0. The SMILES string of the molecule is CO[C@]12C[C@@H]3O[C@](C)([C@H]1OC(C)=O)[C@@]1(O2)[C@H](C)O[C@@H](OC(C)=O)C[C@@]31OC. The Kier molecular flexibility index (Phi) is 3.98. The summed E-state index contributed by atoms with van der Waals surface area (Å²) in [6.07, 6.45) is -2.02. The summed E-state index contributed by atoms with van der Waals surface area (Å²) in [6, 6.07) is 0. The van der Waals surface area contributed by atoms with Gasteiger partial charge in [0.15, 0.2) is 11.7 Å². The van der Waals surface area contributed by atoms with Crippen molar-refractivity contribution in [3.63, 3.8) is 0 Å². The van der Waals surface area contributed by atoms with Gasteiger partial charge in [-0.1, -0.05) is 0 Å². The van der Waals surface area contributed by atoms with Crippen molar-refractivity contribution in [2.75, 3.05) is 14.2 Å². The molecule has 8 atom stereocenters. The number of carbonyl (C=O) groups excluding carboxylic acids is 2. The highest BCUT2D eigenvalue weighted by atomic mass is 16.8. The third kappa shape index (κ3) is 2.01.